The fourth-order valence-electron chi connectivity index (χ4n) is 3.04. The van der Waals surface area contributed by atoms with Crippen LogP contribution in [0, 0.1) is 5.92 Å². The molecule has 0 spiro atoms. The highest BCUT2D eigenvalue weighted by Crippen LogP contribution is 2.38. The maximum atomic E-state index is 12.5. The predicted molar refractivity (Wildman–Crippen MR) is 90.3 cm³/mol. The van der Waals surface area contributed by atoms with Crippen LogP contribution in [0.3, 0.4) is 0 Å². The molecule has 0 amide bonds. The van der Waals surface area contributed by atoms with E-state index in [1.807, 2.05) is 55.5 Å². The molecule has 1 aliphatic heterocycles. The number of benzene rings is 2. The van der Waals surface area contributed by atoms with Gasteiger partial charge in [-0.1, -0.05) is 66.5 Å². The molecule has 3 rings (SSSR count). The van der Waals surface area contributed by atoms with Gasteiger partial charge in [0.2, 0.25) is 0 Å². The quantitative estimate of drug-likeness (QED) is 0.840. The van der Waals surface area contributed by atoms with Crippen LogP contribution in [0.5, 0.6) is 0 Å². The Bertz CT molecular complexity index is 701. The molecule has 0 aromatic heterocycles. The van der Waals surface area contributed by atoms with Crippen LogP contribution in [-0.2, 0) is 4.79 Å². The lowest BCUT2D eigenvalue weighted by Gasteiger charge is -2.36. The van der Waals surface area contributed by atoms with E-state index in [1.54, 1.807) is 0 Å². The third-order valence-corrected chi connectivity index (χ3v) is 5.00. The molecule has 1 heterocycles. The van der Waals surface area contributed by atoms with Crippen molar-refractivity contribution in [1.82, 2.24) is 5.32 Å². The summed E-state index contributed by atoms with van der Waals surface area (Å²) in [5.74, 6) is 0.118. The minimum absolute atomic E-state index is 0.0846. The van der Waals surface area contributed by atoms with Crippen molar-refractivity contribution in [3.05, 3.63) is 69.7 Å². The molecule has 114 valence electrons. The Morgan fingerprint density at radius 2 is 1.50 bits per heavy atom. The number of carbonyl (C=O) groups is 1. The minimum atomic E-state index is -0.112. The van der Waals surface area contributed by atoms with E-state index < -0.39 is 0 Å². The van der Waals surface area contributed by atoms with Crippen molar-refractivity contribution in [2.45, 2.75) is 25.4 Å². The number of hydrogen-bond acceptors (Lipinski definition) is 2. The summed E-state index contributed by atoms with van der Waals surface area (Å²) in [7, 11) is 0. The Balaban J connectivity index is 1.96. The molecule has 0 unspecified atom stereocenters. The van der Waals surface area contributed by atoms with Crippen LogP contribution in [0.1, 0.15) is 36.6 Å². The van der Waals surface area contributed by atoms with Crippen LogP contribution < -0.4 is 5.32 Å². The molecule has 0 bridgehead atoms. The van der Waals surface area contributed by atoms with Crippen molar-refractivity contribution in [1.29, 1.82) is 0 Å². The van der Waals surface area contributed by atoms with Gasteiger partial charge in [0, 0.05) is 34.5 Å². The van der Waals surface area contributed by atoms with Crippen LogP contribution in [-0.4, -0.2) is 5.78 Å². The SMILES string of the molecule is C[C@H]1C(=O)C[C@H](c2ccccc2Cl)N[C@@H]1c1ccccc1Cl. The lowest BCUT2D eigenvalue weighted by molar-refractivity contribution is -0.126. The molecule has 4 heteroatoms. The summed E-state index contributed by atoms with van der Waals surface area (Å²) in [6.45, 7) is 1.95. The molecule has 0 saturated carbocycles. The molecule has 22 heavy (non-hydrogen) atoms. The smallest absolute Gasteiger partial charge is 0.139 e. The highest BCUT2D eigenvalue weighted by molar-refractivity contribution is 6.31. The number of nitrogens with one attached hydrogen (secondary N) is 1. The van der Waals surface area contributed by atoms with Gasteiger partial charge >= 0.3 is 0 Å². The largest absolute Gasteiger partial charge is 0.302 e. The molecule has 2 nitrogen and oxygen atoms in total. The highest BCUT2D eigenvalue weighted by atomic mass is 35.5. The number of rotatable bonds is 2. The summed E-state index contributed by atoms with van der Waals surface area (Å²) in [5.41, 5.74) is 1.92. The third-order valence-electron chi connectivity index (χ3n) is 4.31. The maximum Gasteiger partial charge on any atom is 0.139 e. The Morgan fingerprint density at radius 1 is 0.955 bits per heavy atom. The van der Waals surface area contributed by atoms with Crippen molar-refractivity contribution in [3.63, 3.8) is 0 Å². The highest BCUT2D eigenvalue weighted by Gasteiger charge is 2.36. The Labute approximate surface area is 140 Å². The minimum Gasteiger partial charge on any atom is -0.302 e. The average Bonchev–Trinajstić information content (AvgIpc) is 2.51. The van der Waals surface area contributed by atoms with Crippen molar-refractivity contribution in [2.24, 2.45) is 5.92 Å². The molecule has 2 aromatic rings. The number of ketones is 1. The van der Waals surface area contributed by atoms with Crippen molar-refractivity contribution in [3.8, 4) is 0 Å². The van der Waals surface area contributed by atoms with Crippen molar-refractivity contribution < 1.29 is 4.79 Å². The summed E-state index contributed by atoms with van der Waals surface area (Å²) in [4.78, 5) is 12.5. The fraction of sp³-hybridized carbons (Fsp3) is 0.278. The van der Waals surface area contributed by atoms with Crippen LogP contribution >= 0.6 is 23.2 Å². The molecule has 1 saturated heterocycles. The number of Topliss-reactive ketones (excluding diaryl/α,β-unsaturated/α-hetero) is 1. The molecule has 1 N–H and O–H groups in total. The van der Waals surface area contributed by atoms with Crippen LogP contribution in [0.2, 0.25) is 10.0 Å². The molecule has 3 atom stereocenters. The summed E-state index contributed by atoms with van der Waals surface area (Å²) in [6, 6.07) is 15.1. The van der Waals surface area contributed by atoms with E-state index in [-0.39, 0.29) is 23.8 Å². The summed E-state index contributed by atoms with van der Waals surface area (Å²) in [6.07, 6.45) is 0.450. The maximum absolute atomic E-state index is 12.5. The number of carbonyl (C=O) groups excluding carboxylic acids is 1. The van der Waals surface area contributed by atoms with E-state index in [0.29, 0.717) is 16.5 Å². The Kier molecular flexibility index (Phi) is 4.53. The predicted octanol–water partition coefficient (Wildman–Crippen LogP) is 4.97. The summed E-state index contributed by atoms with van der Waals surface area (Å²) < 4.78 is 0. The first-order valence-electron chi connectivity index (χ1n) is 7.35. The topological polar surface area (TPSA) is 29.1 Å². The van der Waals surface area contributed by atoms with Gasteiger partial charge in [-0.25, -0.2) is 0 Å². The molecule has 2 aromatic carbocycles. The Hall–Kier alpha value is -1.35. The van der Waals surface area contributed by atoms with Gasteiger partial charge in [0.05, 0.1) is 0 Å². The van der Waals surface area contributed by atoms with Gasteiger partial charge in [-0.15, -0.1) is 0 Å². The zero-order valence-corrected chi connectivity index (χ0v) is 13.7. The first-order chi connectivity index (χ1) is 10.6. The second-order valence-corrected chi connectivity index (χ2v) is 6.51. The molecule has 0 radical (unpaired) electrons. The number of hydrogen-bond donors (Lipinski definition) is 1. The van der Waals surface area contributed by atoms with Crippen molar-refractivity contribution >= 4 is 29.0 Å². The van der Waals surface area contributed by atoms with Crippen molar-refractivity contribution in [2.75, 3.05) is 0 Å². The van der Waals surface area contributed by atoms with Crippen LogP contribution in [0.15, 0.2) is 48.5 Å². The van der Waals surface area contributed by atoms with Gasteiger partial charge in [-0.05, 0) is 23.3 Å². The second-order valence-electron chi connectivity index (χ2n) is 5.70. The lowest BCUT2D eigenvalue weighted by Crippen LogP contribution is -2.41. The zero-order chi connectivity index (χ0) is 15.7. The van der Waals surface area contributed by atoms with E-state index in [9.17, 15) is 4.79 Å². The van der Waals surface area contributed by atoms with E-state index in [4.69, 9.17) is 23.2 Å². The first kappa shape index (κ1) is 15.5. The molecular formula is C18H17Cl2NO. The number of halogens is 2. The van der Waals surface area contributed by atoms with Gasteiger partial charge in [0.15, 0.2) is 0 Å². The van der Waals surface area contributed by atoms with E-state index in [1.165, 1.54) is 0 Å². The third kappa shape index (κ3) is 2.91. The molecular weight excluding hydrogens is 317 g/mol. The average molecular weight is 334 g/mol. The Morgan fingerprint density at radius 3 is 2.09 bits per heavy atom. The van der Waals surface area contributed by atoms with Gasteiger partial charge in [0.1, 0.15) is 5.78 Å². The van der Waals surface area contributed by atoms with Gasteiger partial charge in [-0.2, -0.15) is 0 Å². The van der Waals surface area contributed by atoms with Crippen LogP contribution in [0.25, 0.3) is 0 Å². The normalized spacial score (nSPS) is 25.2. The van der Waals surface area contributed by atoms with E-state index >= 15 is 0 Å². The van der Waals surface area contributed by atoms with Gasteiger partial charge in [0.25, 0.3) is 0 Å². The lowest BCUT2D eigenvalue weighted by atomic mass is 9.82. The fourth-order valence-corrected chi connectivity index (χ4v) is 3.56. The van der Waals surface area contributed by atoms with E-state index in [0.717, 1.165) is 11.1 Å². The summed E-state index contributed by atoms with van der Waals surface area (Å²) in [5, 5.41) is 4.92. The zero-order valence-electron chi connectivity index (χ0n) is 12.2. The van der Waals surface area contributed by atoms with E-state index in [2.05, 4.69) is 5.32 Å². The first-order valence-corrected chi connectivity index (χ1v) is 8.11. The second kappa shape index (κ2) is 6.41. The van der Waals surface area contributed by atoms with Gasteiger partial charge < -0.3 is 5.32 Å². The molecule has 1 fully saturated rings. The monoisotopic (exact) mass is 333 g/mol. The van der Waals surface area contributed by atoms with Gasteiger partial charge in [-0.3, -0.25) is 4.79 Å². The molecule has 1 aliphatic rings. The standard InChI is InChI=1S/C18H17Cl2NO/c1-11-17(22)10-16(12-6-2-4-8-14(12)19)21-18(11)13-7-3-5-9-15(13)20/h2-9,11,16,18,21H,10H2,1H3/t11-,16+,18-/m0/s1. The number of piperidine rings is 1. The molecule has 0 aliphatic carbocycles. The summed E-state index contributed by atoms with van der Waals surface area (Å²) >= 11 is 12.6. The van der Waals surface area contributed by atoms with Crippen LogP contribution in [0.4, 0.5) is 0 Å².